The van der Waals surface area contributed by atoms with Gasteiger partial charge in [-0.2, -0.15) is 0 Å². The van der Waals surface area contributed by atoms with Crippen molar-refractivity contribution in [2.45, 2.75) is 34.1 Å². The molecule has 0 aliphatic carbocycles. The summed E-state index contributed by atoms with van der Waals surface area (Å²) in [6.45, 7) is 12.8. The van der Waals surface area contributed by atoms with Gasteiger partial charge in [-0.3, -0.25) is 4.79 Å². The van der Waals surface area contributed by atoms with Gasteiger partial charge in [0.2, 0.25) is 0 Å². The molecule has 0 fully saturated rings. The molecule has 0 heterocycles. The van der Waals surface area contributed by atoms with E-state index in [9.17, 15) is 4.79 Å². The standard InChI is InChI=1S/C17H28NO2/c1-5-18(6-2,11-10-16(4)19)12-13-20-17-9-7-8-15(3)14-17/h7-9,14H,5-6,10-13H2,1-4H3/q+1. The molecule has 20 heavy (non-hydrogen) atoms. The molecule has 0 aliphatic heterocycles. The van der Waals surface area contributed by atoms with Crippen LogP contribution in [0.5, 0.6) is 5.75 Å². The number of hydrogen-bond donors (Lipinski definition) is 0. The average Bonchev–Trinajstić information content (AvgIpc) is 2.43. The molecule has 0 saturated heterocycles. The highest BCUT2D eigenvalue weighted by Gasteiger charge is 2.23. The third-order valence-electron chi connectivity index (χ3n) is 4.10. The van der Waals surface area contributed by atoms with E-state index >= 15 is 0 Å². The van der Waals surface area contributed by atoms with Crippen molar-refractivity contribution in [1.82, 2.24) is 0 Å². The lowest BCUT2D eigenvalue weighted by molar-refractivity contribution is -0.924. The summed E-state index contributed by atoms with van der Waals surface area (Å²) in [5, 5.41) is 0. The van der Waals surface area contributed by atoms with Crippen LogP contribution in [0, 0.1) is 6.92 Å². The summed E-state index contributed by atoms with van der Waals surface area (Å²) in [4.78, 5) is 11.2. The van der Waals surface area contributed by atoms with E-state index in [0.717, 1.165) is 36.4 Å². The van der Waals surface area contributed by atoms with Crippen LogP contribution >= 0.6 is 0 Å². The number of benzene rings is 1. The number of quaternary nitrogens is 1. The molecule has 0 N–H and O–H groups in total. The van der Waals surface area contributed by atoms with Crippen molar-refractivity contribution < 1.29 is 14.0 Å². The molecule has 0 aromatic heterocycles. The number of ketones is 1. The Morgan fingerprint density at radius 2 is 1.90 bits per heavy atom. The molecule has 3 heteroatoms. The summed E-state index contributed by atoms with van der Waals surface area (Å²) in [6.07, 6.45) is 0.659. The number of likely N-dealkylation sites (N-methyl/N-ethyl adjacent to an activating group) is 1. The molecule has 0 aliphatic rings. The summed E-state index contributed by atoms with van der Waals surface area (Å²) in [5.74, 6) is 1.20. The van der Waals surface area contributed by atoms with Crippen molar-refractivity contribution in [3.8, 4) is 5.75 Å². The number of Topliss-reactive ketones (excluding diaryl/α,β-unsaturated/α-hetero) is 1. The summed E-state index contributed by atoms with van der Waals surface area (Å²) < 4.78 is 6.80. The van der Waals surface area contributed by atoms with Crippen LogP contribution in [0.1, 0.15) is 32.8 Å². The zero-order valence-electron chi connectivity index (χ0n) is 13.3. The first-order chi connectivity index (χ1) is 9.51. The van der Waals surface area contributed by atoms with E-state index < -0.39 is 0 Å². The van der Waals surface area contributed by atoms with E-state index in [1.54, 1.807) is 6.92 Å². The fourth-order valence-electron chi connectivity index (χ4n) is 2.42. The van der Waals surface area contributed by atoms with E-state index in [2.05, 4.69) is 32.9 Å². The van der Waals surface area contributed by atoms with Crippen molar-refractivity contribution in [3.05, 3.63) is 29.8 Å². The van der Waals surface area contributed by atoms with E-state index in [0.29, 0.717) is 13.0 Å². The van der Waals surface area contributed by atoms with Crippen molar-refractivity contribution in [2.24, 2.45) is 0 Å². The molecule has 0 spiro atoms. The Morgan fingerprint density at radius 3 is 2.45 bits per heavy atom. The minimum Gasteiger partial charge on any atom is -0.488 e. The van der Waals surface area contributed by atoms with Crippen LogP contribution in [0.2, 0.25) is 0 Å². The van der Waals surface area contributed by atoms with Crippen LogP contribution < -0.4 is 4.74 Å². The van der Waals surface area contributed by atoms with Crippen LogP contribution in [-0.2, 0) is 4.79 Å². The van der Waals surface area contributed by atoms with Crippen LogP contribution in [0.25, 0.3) is 0 Å². The number of carbonyl (C=O) groups is 1. The molecule has 1 aromatic rings. The Bertz CT molecular complexity index is 425. The van der Waals surface area contributed by atoms with Gasteiger partial charge in [-0.05, 0) is 45.4 Å². The van der Waals surface area contributed by atoms with Gasteiger partial charge in [0.15, 0.2) is 0 Å². The molecule has 112 valence electrons. The van der Waals surface area contributed by atoms with Gasteiger partial charge in [0.1, 0.15) is 24.7 Å². The van der Waals surface area contributed by atoms with Crippen LogP contribution in [-0.4, -0.2) is 43.1 Å². The third kappa shape index (κ3) is 5.33. The zero-order valence-corrected chi connectivity index (χ0v) is 13.3. The van der Waals surface area contributed by atoms with Gasteiger partial charge in [0.05, 0.1) is 26.1 Å². The van der Waals surface area contributed by atoms with Gasteiger partial charge in [-0.15, -0.1) is 0 Å². The summed E-state index contributed by atoms with van der Waals surface area (Å²) in [7, 11) is 0. The smallest absolute Gasteiger partial charge is 0.137 e. The molecule has 3 nitrogen and oxygen atoms in total. The first-order valence-corrected chi connectivity index (χ1v) is 7.55. The Kier molecular flexibility index (Phi) is 6.73. The second-order valence-electron chi connectivity index (χ2n) is 5.54. The first kappa shape index (κ1) is 16.7. The highest BCUT2D eigenvalue weighted by molar-refractivity contribution is 5.75. The second-order valence-corrected chi connectivity index (χ2v) is 5.54. The maximum Gasteiger partial charge on any atom is 0.137 e. The molecule has 0 radical (unpaired) electrons. The maximum atomic E-state index is 11.2. The van der Waals surface area contributed by atoms with Gasteiger partial charge in [0.25, 0.3) is 0 Å². The van der Waals surface area contributed by atoms with Crippen molar-refractivity contribution in [3.63, 3.8) is 0 Å². The lowest BCUT2D eigenvalue weighted by atomic mass is 10.2. The van der Waals surface area contributed by atoms with Crippen LogP contribution in [0.15, 0.2) is 24.3 Å². The van der Waals surface area contributed by atoms with Gasteiger partial charge in [-0.25, -0.2) is 0 Å². The minimum atomic E-state index is 0.272. The highest BCUT2D eigenvalue weighted by Crippen LogP contribution is 2.14. The number of aryl methyl sites for hydroxylation is 1. The summed E-state index contributed by atoms with van der Waals surface area (Å²) in [6, 6.07) is 8.14. The average molecular weight is 278 g/mol. The van der Waals surface area contributed by atoms with Crippen LogP contribution in [0.4, 0.5) is 0 Å². The molecular weight excluding hydrogens is 250 g/mol. The fourth-order valence-corrected chi connectivity index (χ4v) is 2.42. The maximum absolute atomic E-state index is 11.2. The monoisotopic (exact) mass is 278 g/mol. The van der Waals surface area contributed by atoms with E-state index in [4.69, 9.17) is 4.74 Å². The SMILES string of the molecule is CC[N+](CC)(CCOc1cccc(C)c1)CCC(C)=O. The van der Waals surface area contributed by atoms with Gasteiger partial charge in [-0.1, -0.05) is 12.1 Å². The number of rotatable bonds is 9. The topological polar surface area (TPSA) is 26.3 Å². The predicted octanol–water partition coefficient (Wildman–Crippen LogP) is 3.21. The number of nitrogens with zero attached hydrogens (tertiary/aromatic N) is 1. The number of carbonyl (C=O) groups excluding carboxylic acids is 1. The van der Waals surface area contributed by atoms with E-state index in [1.165, 1.54) is 5.56 Å². The Hall–Kier alpha value is -1.35. The molecule has 0 bridgehead atoms. The van der Waals surface area contributed by atoms with E-state index in [1.807, 2.05) is 12.1 Å². The molecule has 0 amide bonds. The molecule has 1 aromatic carbocycles. The quantitative estimate of drug-likeness (QED) is 0.648. The second kappa shape index (κ2) is 8.05. The summed E-state index contributed by atoms with van der Waals surface area (Å²) in [5.41, 5.74) is 1.21. The normalized spacial score (nSPS) is 11.4. The van der Waals surface area contributed by atoms with E-state index in [-0.39, 0.29) is 5.78 Å². The Balaban J connectivity index is 2.52. The Morgan fingerprint density at radius 1 is 1.20 bits per heavy atom. The summed E-state index contributed by atoms with van der Waals surface area (Å²) >= 11 is 0. The zero-order chi connectivity index (χ0) is 15.0. The predicted molar refractivity (Wildman–Crippen MR) is 83.0 cm³/mol. The van der Waals surface area contributed by atoms with Crippen molar-refractivity contribution in [2.75, 3.05) is 32.8 Å². The highest BCUT2D eigenvalue weighted by atomic mass is 16.5. The van der Waals surface area contributed by atoms with Crippen molar-refractivity contribution >= 4 is 5.78 Å². The largest absolute Gasteiger partial charge is 0.488 e. The first-order valence-electron chi connectivity index (χ1n) is 7.55. The number of ether oxygens (including phenoxy) is 1. The molecular formula is C17H28NO2+. The molecule has 1 rings (SSSR count). The molecule has 0 saturated carbocycles. The molecule has 0 atom stereocenters. The number of hydrogen-bond acceptors (Lipinski definition) is 2. The third-order valence-corrected chi connectivity index (χ3v) is 4.10. The lowest BCUT2D eigenvalue weighted by Gasteiger charge is -2.36. The van der Waals surface area contributed by atoms with Crippen LogP contribution in [0.3, 0.4) is 0 Å². The van der Waals surface area contributed by atoms with Gasteiger partial charge in [0, 0.05) is 0 Å². The van der Waals surface area contributed by atoms with Crippen molar-refractivity contribution in [1.29, 1.82) is 0 Å². The Labute approximate surface area is 123 Å². The minimum absolute atomic E-state index is 0.272. The van der Waals surface area contributed by atoms with Gasteiger partial charge >= 0.3 is 0 Å². The molecule has 0 unspecified atom stereocenters. The lowest BCUT2D eigenvalue weighted by Crippen LogP contribution is -2.51. The fraction of sp³-hybridized carbons (Fsp3) is 0.588. The van der Waals surface area contributed by atoms with Gasteiger partial charge < -0.3 is 9.22 Å².